The molecular formula is C6H15NO3Si. The summed E-state index contributed by atoms with van der Waals surface area (Å²) < 4.78 is 15.9. The molecule has 1 saturated heterocycles. The zero-order valence-corrected chi connectivity index (χ0v) is 8.00. The molecule has 0 aromatic rings. The number of rotatable bonds is 2. The van der Waals surface area contributed by atoms with Crippen molar-refractivity contribution in [3.05, 3.63) is 0 Å². The van der Waals surface area contributed by atoms with Crippen LogP contribution in [-0.4, -0.2) is 29.3 Å². The first-order valence-electron chi connectivity index (χ1n) is 3.76. The Labute approximate surface area is 68.0 Å². The van der Waals surface area contributed by atoms with Crippen molar-refractivity contribution < 1.29 is 13.3 Å². The van der Waals surface area contributed by atoms with Crippen molar-refractivity contribution in [2.24, 2.45) is 5.73 Å². The molecule has 1 heterocycles. The van der Waals surface area contributed by atoms with Crippen molar-refractivity contribution in [3.8, 4) is 0 Å². The Morgan fingerprint density at radius 1 is 1.45 bits per heavy atom. The van der Waals surface area contributed by atoms with E-state index in [0.29, 0.717) is 0 Å². The number of hydrogen-bond donors (Lipinski definition) is 1. The van der Waals surface area contributed by atoms with Crippen LogP contribution in [0.25, 0.3) is 0 Å². The Morgan fingerprint density at radius 3 is 2.45 bits per heavy atom. The van der Waals surface area contributed by atoms with Crippen molar-refractivity contribution in [3.63, 3.8) is 0 Å². The summed E-state index contributed by atoms with van der Waals surface area (Å²) in [6, 6.07) is 0.883. The van der Waals surface area contributed by atoms with E-state index >= 15 is 0 Å². The van der Waals surface area contributed by atoms with Gasteiger partial charge in [0, 0.05) is 20.3 Å². The standard InChI is InChI=1S/C6H15NO3Si/c1-8-11(9-2)5-3-4-6(7)10-11/h6H,3-5,7H2,1-2H3. The fourth-order valence-corrected chi connectivity index (χ4v) is 3.35. The molecule has 0 bridgehead atoms. The summed E-state index contributed by atoms with van der Waals surface area (Å²) >= 11 is 0. The minimum absolute atomic E-state index is 0.199. The van der Waals surface area contributed by atoms with Crippen molar-refractivity contribution in [1.29, 1.82) is 0 Å². The van der Waals surface area contributed by atoms with E-state index in [1.165, 1.54) is 0 Å². The van der Waals surface area contributed by atoms with Crippen molar-refractivity contribution >= 4 is 8.80 Å². The lowest BCUT2D eigenvalue weighted by Crippen LogP contribution is -2.51. The highest BCUT2D eigenvalue weighted by atomic mass is 28.4. The van der Waals surface area contributed by atoms with Crippen LogP contribution in [0.15, 0.2) is 0 Å². The molecule has 0 saturated carbocycles. The molecular weight excluding hydrogens is 162 g/mol. The second-order valence-electron chi connectivity index (χ2n) is 2.64. The van der Waals surface area contributed by atoms with Crippen LogP contribution in [0.4, 0.5) is 0 Å². The summed E-state index contributed by atoms with van der Waals surface area (Å²) in [5.74, 6) is 0. The minimum atomic E-state index is -2.32. The molecule has 1 atom stereocenters. The molecule has 66 valence electrons. The monoisotopic (exact) mass is 177 g/mol. The number of hydrogen-bond acceptors (Lipinski definition) is 4. The average Bonchev–Trinajstić information content (AvgIpc) is 2.04. The summed E-state index contributed by atoms with van der Waals surface area (Å²) in [5.41, 5.74) is 5.61. The van der Waals surface area contributed by atoms with Gasteiger partial charge < -0.3 is 19.0 Å². The van der Waals surface area contributed by atoms with Crippen LogP contribution in [0.3, 0.4) is 0 Å². The minimum Gasteiger partial charge on any atom is -0.377 e. The van der Waals surface area contributed by atoms with Crippen LogP contribution in [0.5, 0.6) is 0 Å². The molecule has 0 aromatic heterocycles. The van der Waals surface area contributed by atoms with Crippen molar-refractivity contribution in [2.45, 2.75) is 25.1 Å². The molecule has 1 aliphatic rings. The Bertz CT molecular complexity index is 129. The molecule has 4 nitrogen and oxygen atoms in total. The van der Waals surface area contributed by atoms with Crippen LogP contribution in [0.1, 0.15) is 12.8 Å². The Kier molecular flexibility index (Phi) is 3.03. The third kappa shape index (κ3) is 2.00. The van der Waals surface area contributed by atoms with Gasteiger partial charge in [0.05, 0.1) is 6.23 Å². The predicted octanol–water partition coefficient (Wildman–Crippen LogP) is 0.313. The molecule has 11 heavy (non-hydrogen) atoms. The molecule has 0 aliphatic carbocycles. The SMILES string of the molecule is CO[Si]1(OC)CCCC(N)O1. The van der Waals surface area contributed by atoms with E-state index in [2.05, 4.69) is 0 Å². The van der Waals surface area contributed by atoms with Gasteiger partial charge in [-0.2, -0.15) is 0 Å². The lowest BCUT2D eigenvalue weighted by atomic mass is 10.3. The lowest BCUT2D eigenvalue weighted by Gasteiger charge is -2.33. The van der Waals surface area contributed by atoms with E-state index in [1.54, 1.807) is 14.2 Å². The molecule has 5 heteroatoms. The van der Waals surface area contributed by atoms with Gasteiger partial charge in [0.25, 0.3) is 0 Å². The summed E-state index contributed by atoms with van der Waals surface area (Å²) in [6.07, 6.45) is 1.74. The topological polar surface area (TPSA) is 53.7 Å². The maximum Gasteiger partial charge on any atom is 0.501 e. The average molecular weight is 177 g/mol. The van der Waals surface area contributed by atoms with Crippen molar-refractivity contribution in [2.75, 3.05) is 14.2 Å². The number of nitrogens with two attached hydrogens (primary N) is 1. The second kappa shape index (κ2) is 3.64. The van der Waals surface area contributed by atoms with Gasteiger partial charge in [0.2, 0.25) is 0 Å². The molecule has 0 radical (unpaired) electrons. The molecule has 1 fully saturated rings. The molecule has 1 unspecified atom stereocenters. The highest BCUT2D eigenvalue weighted by Crippen LogP contribution is 2.24. The third-order valence-corrected chi connectivity index (χ3v) is 4.80. The lowest BCUT2D eigenvalue weighted by molar-refractivity contribution is 0.0366. The van der Waals surface area contributed by atoms with Crippen LogP contribution >= 0.6 is 0 Å². The van der Waals surface area contributed by atoms with Crippen LogP contribution in [0.2, 0.25) is 6.04 Å². The molecule has 2 N–H and O–H groups in total. The van der Waals surface area contributed by atoms with Crippen LogP contribution < -0.4 is 5.73 Å². The zero-order chi connectivity index (χ0) is 8.32. The van der Waals surface area contributed by atoms with Gasteiger partial charge in [-0.05, 0) is 12.8 Å². The van der Waals surface area contributed by atoms with Crippen LogP contribution in [-0.2, 0) is 13.3 Å². The van der Waals surface area contributed by atoms with Gasteiger partial charge in [-0.1, -0.05) is 0 Å². The second-order valence-corrected chi connectivity index (χ2v) is 5.56. The highest BCUT2D eigenvalue weighted by Gasteiger charge is 2.43. The van der Waals surface area contributed by atoms with E-state index < -0.39 is 8.80 Å². The zero-order valence-electron chi connectivity index (χ0n) is 7.00. The van der Waals surface area contributed by atoms with Crippen LogP contribution in [0, 0.1) is 0 Å². The first kappa shape index (κ1) is 9.15. The van der Waals surface area contributed by atoms with Gasteiger partial charge in [-0.15, -0.1) is 0 Å². The third-order valence-electron chi connectivity index (χ3n) is 1.92. The molecule has 0 aromatic carbocycles. The maximum atomic E-state index is 5.61. The van der Waals surface area contributed by atoms with E-state index in [9.17, 15) is 0 Å². The fourth-order valence-electron chi connectivity index (χ4n) is 1.25. The first-order valence-corrected chi connectivity index (χ1v) is 5.69. The van der Waals surface area contributed by atoms with Crippen molar-refractivity contribution in [1.82, 2.24) is 0 Å². The predicted molar refractivity (Wildman–Crippen MR) is 42.9 cm³/mol. The van der Waals surface area contributed by atoms with E-state index in [4.69, 9.17) is 19.0 Å². The van der Waals surface area contributed by atoms with Gasteiger partial charge in [-0.3, -0.25) is 0 Å². The van der Waals surface area contributed by atoms with E-state index in [0.717, 1.165) is 18.9 Å². The molecule has 1 rings (SSSR count). The fraction of sp³-hybridized carbons (Fsp3) is 1.00. The van der Waals surface area contributed by atoms with Gasteiger partial charge in [0.15, 0.2) is 0 Å². The Morgan fingerprint density at radius 2 is 2.09 bits per heavy atom. The maximum absolute atomic E-state index is 5.61. The van der Waals surface area contributed by atoms with E-state index in [1.807, 2.05) is 0 Å². The smallest absolute Gasteiger partial charge is 0.377 e. The quantitative estimate of drug-likeness (QED) is 0.617. The summed E-state index contributed by atoms with van der Waals surface area (Å²) in [4.78, 5) is 0. The van der Waals surface area contributed by atoms with E-state index in [-0.39, 0.29) is 6.23 Å². The summed E-state index contributed by atoms with van der Waals surface area (Å²) in [5, 5.41) is 0. The van der Waals surface area contributed by atoms with Gasteiger partial charge in [-0.25, -0.2) is 0 Å². The highest BCUT2D eigenvalue weighted by molar-refractivity contribution is 6.60. The Balaban J connectivity index is 2.52. The summed E-state index contributed by atoms with van der Waals surface area (Å²) in [6.45, 7) is 0. The molecule has 0 spiro atoms. The Hall–Kier alpha value is 0.0569. The normalized spacial score (nSPS) is 30.3. The first-order chi connectivity index (χ1) is 5.22. The van der Waals surface area contributed by atoms with Gasteiger partial charge in [0.1, 0.15) is 0 Å². The molecule has 0 amide bonds. The largest absolute Gasteiger partial charge is 0.501 e. The summed E-state index contributed by atoms with van der Waals surface area (Å²) in [7, 11) is 0.919. The molecule has 1 aliphatic heterocycles. The van der Waals surface area contributed by atoms with Gasteiger partial charge >= 0.3 is 8.80 Å².